The molecule has 0 saturated carbocycles. The van der Waals surface area contributed by atoms with E-state index in [9.17, 15) is 0 Å². The molecule has 0 radical (unpaired) electrons. The fourth-order valence-corrected chi connectivity index (χ4v) is 1.51. The number of nitriles is 1. The molecule has 0 aliphatic carbocycles. The Morgan fingerprint density at radius 1 is 1.67 bits per heavy atom. The minimum absolute atomic E-state index is 0.551. The Hall–Kier alpha value is -0.810. The second kappa shape index (κ2) is 2.65. The molecule has 46 valence electrons. The quantitative estimate of drug-likeness (QED) is 0.581. The number of nitrogens with zero attached hydrogens (tertiary/aromatic N) is 1. The molecular weight excluding hydrogens is 130 g/mol. The highest BCUT2D eigenvalue weighted by Crippen LogP contribution is 2.13. The van der Waals surface area contributed by atoms with Gasteiger partial charge in [-0.1, -0.05) is 0 Å². The summed E-state index contributed by atoms with van der Waals surface area (Å²) >= 11 is 1.66. The van der Waals surface area contributed by atoms with Crippen LogP contribution in [0.15, 0.2) is 10.8 Å². The molecule has 1 aromatic heterocycles. The highest BCUT2D eigenvalue weighted by molar-refractivity contribution is 7.08. The highest BCUT2D eigenvalue weighted by Gasteiger charge is 1.95. The predicted molar refractivity (Wildman–Crippen MR) is 38.4 cm³/mol. The third kappa shape index (κ3) is 1.30. The van der Waals surface area contributed by atoms with Crippen LogP contribution in [-0.2, 0) is 6.42 Å². The van der Waals surface area contributed by atoms with E-state index < -0.39 is 0 Å². The molecule has 0 fully saturated rings. The van der Waals surface area contributed by atoms with Crippen LogP contribution in [0.2, 0.25) is 0 Å². The first-order valence-electron chi connectivity index (χ1n) is 2.73. The Balaban J connectivity index is 2.84. The summed E-state index contributed by atoms with van der Waals surface area (Å²) in [5.74, 6) is 0. The van der Waals surface area contributed by atoms with Crippen molar-refractivity contribution in [2.45, 2.75) is 13.3 Å². The Morgan fingerprint density at radius 3 is 2.89 bits per heavy atom. The first kappa shape index (κ1) is 6.31. The Kier molecular flexibility index (Phi) is 1.86. The number of aryl methyl sites for hydroxylation is 1. The smallest absolute Gasteiger partial charge is 0.0670 e. The van der Waals surface area contributed by atoms with E-state index in [1.807, 2.05) is 12.3 Å². The summed E-state index contributed by atoms with van der Waals surface area (Å²) < 4.78 is 0. The lowest BCUT2D eigenvalue weighted by atomic mass is 10.2. The second-order valence-corrected chi connectivity index (χ2v) is 2.66. The van der Waals surface area contributed by atoms with Gasteiger partial charge in [0.05, 0.1) is 12.5 Å². The summed E-state index contributed by atoms with van der Waals surface area (Å²) in [5.41, 5.74) is 2.41. The molecule has 1 rings (SSSR count). The molecule has 1 nitrogen and oxygen atoms in total. The first-order valence-corrected chi connectivity index (χ1v) is 3.67. The molecular formula is C7H7NS. The molecule has 1 aromatic rings. The second-order valence-electron chi connectivity index (χ2n) is 1.91. The molecule has 1 heterocycles. The Morgan fingerprint density at radius 2 is 2.44 bits per heavy atom. The van der Waals surface area contributed by atoms with Gasteiger partial charge >= 0.3 is 0 Å². The number of thiophene rings is 1. The minimum Gasteiger partial charge on any atom is -0.198 e. The molecule has 0 atom stereocenters. The van der Waals surface area contributed by atoms with Gasteiger partial charge in [0.1, 0.15) is 0 Å². The van der Waals surface area contributed by atoms with Gasteiger partial charge in [0.2, 0.25) is 0 Å². The molecule has 9 heavy (non-hydrogen) atoms. The fourth-order valence-electron chi connectivity index (χ4n) is 0.653. The van der Waals surface area contributed by atoms with Crippen molar-refractivity contribution in [3.8, 4) is 6.07 Å². The summed E-state index contributed by atoms with van der Waals surface area (Å²) in [7, 11) is 0. The van der Waals surface area contributed by atoms with Crippen molar-refractivity contribution in [3.63, 3.8) is 0 Å². The van der Waals surface area contributed by atoms with Crippen molar-refractivity contribution in [1.29, 1.82) is 5.26 Å². The number of hydrogen-bond acceptors (Lipinski definition) is 2. The largest absolute Gasteiger partial charge is 0.198 e. The van der Waals surface area contributed by atoms with Crippen molar-refractivity contribution < 1.29 is 0 Å². The van der Waals surface area contributed by atoms with Gasteiger partial charge in [-0.05, 0) is 28.8 Å². The molecule has 0 aliphatic rings. The molecule has 0 N–H and O–H groups in total. The van der Waals surface area contributed by atoms with Gasteiger partial charge in [0.25, 0.3) is 0 Å². The van der Waals surface area contributed by atoms with Crippen LogP contribution in [0, 0.1) is 18.3 Å². The first-order chi connectivity index (χ1) is 4.34. The normalized spacial score (nSPS) is 8.89. The zero-order valence-corrected chi connectivity index (χ0v) is 6.03. The standard InChI is InChI=1S/C7H7NS/c1-6-4-9-5-7(6)2-3-8/h4-5H,2H2,1H3. The monoisotopic (exact) mass is 137 g/mol. The van der Waals surface area contributed by atoms with Gasteiger partial charge < -0.3 is 0 Å². The maximum Gasteiger partial charge on any atom is 0.0670 e. The van der Waals surface area contributed by atoms with E-state index in [-0.39, 0.29) is 0 Å². The lowest BCUT2D eigenvalue weighted by Crippen LogP contribution is -1.77. The van der Waals surface area contributed by atoms with E-state index >= 15 is 0 Å². The molecule has 0 spiro atoms. The Labute approximate surface area is 58.6 Å². The van der Waals surface area contributed by atoms with Gasteiger partial charge in [-0.15, -0.1) is 0 Å². The lowest BCUT2D eigenvalue weighted by molar-refractivity contribution is 1.24. The topological polar surface area (TPSA) is 23.8 Å². The van der Waals surface area contributed by atoms with E-state index in [0.717, 1.165) is 0 Å². The van der Waals surface area contributed by atoms with Crippen molar-refractivity contribution in [3.05, 3.63) is 21.9 Å². The third-order valence-electron chi connectivity index (χ3n) is 1.23. The minimum atomic E-state index is 0.551. The number of rotatable bonds is 1. The molecule has 2 heteroatoms. The van der Waals surface area contributed by atoms with E-state index in [4.69, 9.17) is 5.26 Å². The van der Waals surface area contributed by atoms with Crippen molar-refractivity contribution in [1.82, 2.24) is 0 Å². The Bertz CT molecular complexity index is 231. The summed E-state index contributed by atoms with van der Waals surface area (Å²) in [6, 6.07) is 2.12. The zero-order chi connectivity index (χ0) is 6.69. The molecule has 0 aliphatic heterocycles. The van der Waals surface area contributed by atoms with Crippen LogP contribution < -0.4 is 0 Å². The summed E-state index contributed by atoms with van der Waals surface area (Å²) in [6.45, 7) is 2.03. The van der Waals surface area contributed by atoms with Crippen molar-refractivity contribution >= 4 is 11.3 Å². The van der Waals surface area contributed by atoms with Crippen LogP contribution in [0.3, 0.4) is 0 Å². The van der Waals surface area contributed by atoms with Crippen LogP contribution in [-0.4, -0.2) is 0 Å². The molecule has 0 amide bonds. The SMILES string of the molecule is Cc1cscc1CC#N. The van der Waals surface area contributed by atoms with Gasteiger partial charge in [-0.25, -0.2) is 0 Å². The van der Waals surface area contributed by atoms with Crippen LogP contribution in [0.5, 0.6) is 0 Å². The van der Waals surface area contributed by atoms with Gasteiger partial charge in [-0.3, -0.25) is 0 Å². The van der Waals surface area contributed by atoms with E-state index in [1.165, 1.54) is 11.1 Å². The maximum atomic E-state index is 8.32. The predicted octanol–water partition coefficient (Wildman–Crippen LogP) is 2.12. The van der Waals surface area contributed by atoms with Crippen LogP contribution in [0.1, 0.15) is 11.1 Å². The summed E-state index contributed by atoms with van der Waals surface area (Å²) in [5, 5.41) is 12.4. The summed E-state index contributed by atoms with van der Waals surface area (Å²) in [4.78, 5) is 0. The maximum absolute atomic E-state index is 8.32. The van der Waals surface area contributed by atoms with Crippen LogP contribution in [0.4, 0.5) is 0 Å². The van der Waals surface area contributed by atoms with Crippen LogP contribution in [0.25, 0.3) is 0 Å². The third-order valence-corrected chi connectivity index (χ3v) is 2.14. The number of hydrogen-bond donors (Lipinski definition) is 0. The molecule has 0 unspecified atom stereocenters. The summed E-state index contributed by atoms with van der Waals surface area (Å²) in [6.07, 6.45) is 0.551. The molecule has 0 aromatic carbocycles. The fraction of sp³-hybridized carbons (Fsp3) is 0.286. The average molecular weight is 137 g/mol. The zero-order valence-electron chi connectivity index (χ0n) is 5.22. The average Bonchev–Trinajstić information content (AvgIpc) is 2.18. The van der Waals surface area contributed by atoms with E-state index in [0.29, 0.717) is 6.42 Å². The van der Waals surface area contributed by atoms with Gasteiger partial charge in [0, 0.05) is 0 Å². The highest BCUT2D eigenvalue weighted by atomic mass is 32.1. The molecule has 0 saturated heterocycles. The lowest BCUT2D eigenvalue weighted by Gasteiger charge is -1.86. The van der Waals surface area contributed by atoms with Crippen molar-refractivity contribution in [2.75, 3.05) is 0 Å². The van der Waals surface area contributed by atoms with Crippen molar-refractivity contribution in [2.24, 2.45) is 0 Å². The van der Waals surface area contributed by atoms with E-state index in [2.05, 4.69) is 11.4 Å². The van der Waals surface area contributed by atoms with Crippen LogP contribution >= 0.6 is 11.3 Å². The van der Waals surface area contributed by atoms with Gasteiger partial charge in [-0.2, -0.15) is 16.6 Å². The molecule has 0 bridgehead atoms. The van der Waals surface area contributed by atoms with Gasteiger partial charge in [0.15, 0.2) is 0 Å². The van der Waals surface area contributed by atoms with E-state index in [1.54, 1.807) is 11.3 Å².